The van der Waals surface area contributed by atoms with Crippen LogP contribution in [0.3, 0.4) is 0 Å². The van der Waals surface area contributed by atoms with Gasteiger partial charge < -0.3 is 29.0 Å². The van der Waals surface area contributed by atoms with Crippen LogP contribution >= 0.6 is 22.9 Å². The van der Waals surface area contributed by atoms with Crippen LogP contribution in [0.5, 0.6) is 23.1 Å². The van der Waals surface area contributed by atoms with Crippen molar-refractivity contribution in [2.75, 3.05) is 53.5 Å². The van der Waals surface area contributed by atoms with Crippen LogP contribution in [-0.2, 0) is 17.8 Å². The van der Waals surface area contributed by atoms with Gasteiger partial charge in [0.25, 0.3) is 0 Å². The third-order valence-corrected chi connectivity index (χ3v) is 12.4. The number of carboxylic acid groups (broad SMARTS) is 1. The molecule has 1 N–H and O–H groups in total. The Morgan fingerprint density at radius 1 is 0.869 bits per heavy atom. The first-order valence-electron chi connectivity index (χ1n) is 19.8. The maximum atomic E-state index is 15.0. The molecule has 0 bridgehead atoms. The van der Waals surface area contributed by atoms with Crippen molar-refractivity contribution in [1.29, 1.82) is 0 Å². The molecule has 0 unspecified atom stereocenters. The molecule has 1 aliphatic rings. The first-order chi connectivity index (χ1) is 29.7. The van der Waals surface area contributed by atoms with E-state index in [4.69, 9.17) is 35.5 Å². The average molecular weight is 859 g/mol. The summed E-state index contributed by atoms with van der Waals surface area (Å²) >= 11 is 8.58. The molecule has 9 rings (SSSR count). The zero-order valence-corrected chi connectivity index (χ0v) is 34.9. The predicted octanol–water partition coefficient (Wildman–Crippen LogP) is 8.69. The lowest BCUT2D eigenvalue weighted by atomic mass is 9.97. The largest absolute Gasteiger partial charge is 0.496 e. The number of benzene rings is 5. The molecule has 1 aliphatic heterocycles. The number of aromatic nitrogens is 4. The molecule has 1 saturated heterocycles. The minimum atomic E-state index is -1.36. The van der Waals surface area contributed by atoms with Crippen molar-refractivity contribution in [3.05, 3.63) is 120 Å². The molecule has 61 heavy (non-hydrogen) atoms. The molecule has 0 saturated carbocycles. The normalized spacial score (nSPS) is 14.2. The SMILES string of the molecule is COc1ccccc1-c1nccc(COc2ccccc2C[C@@H](Oc2ncnc3sc4c5ccc(F)cc5c5c(Cl)c(OCCN6CCN(C)CC6)ccc5c4c23)C(=O)O)n1. The van der Waals surface area contributed by atoms with Crippen molar-refractivity contribution in [3.8, 4) is 34.5 Å². The van der Waals surface area contributed by atoms with E-state index in [0.29, 0.717) is 72.3 Å². The van der Waals surface area contributed by atoms with Crippen molar-refractivity contribution >= 4 is 70.8 Å². The van der Waals surface area contributed by atoms with Crippen molar-refractivity contribution in [1.82, 2.24) is 29.7 Å². The standard InChI is InChI=1S/C46H40ClFN6O6S/c1-53-17-19-54(20-18-53)21-22-58-36-14-13-32-38(41(36)47)33-24-28(48)11-12-30(33)42-39(32)40-44(50-26-51-45(40)61-42)60-37(46(55)56)23-27-7-3-5-9-34(27)59-25-29-15-16-49-43(52-29)31-8-4-6-10-35(31)57-2/h3-16,24,26,37H,17-23,25H2,1-2H3,(H,55,56)/t37-/m1/s1. The molecule has 5 aromatic carbocycles. The van der Waals surface area contributed by atoms with Gasteiger partial charge in [0, 0.05) is 66.2 Å². The average Bonchev–Trinajstić information content (AvgIpc) is 3.68. The maximum absolute atomic E-state index is 15.0. The number of thiophene rings is 1. The van der Waals surface area contributed by atoms with Crippen LogP contribution in [0.4, 0.5) is 4.39 Å². The zero-order chi connectivity index (χ0) is 42.0. The molecule has 310 valence electrons. The number of carboxylic acids is 1. The minimum Gasteiger partial charge on any atom is -0.496 e. The number of halogens is 2. The summed E-state index contributed by atoms with van der Waals surface area (Å²) in [6.07, 6.45) is 1.61. The van der Waals surface area contributed by atoms with Gasteiger partial charge in [0.2, 0.25) is 12.0 Å². The van der Waals surface area contributed by atoms with Crippen molar-refractivity contribution < 1.29 is 33.2 Å². The number of hydrogen-bond acceptors (Lipinski definition) is 12. The number of para-hydroxylation sites is 2. The summed E-state index contributed by atoms with van der Waals surface area (Å²) in [5, 5.41) is 14.9. The molecule has 4 heterocycles. The molecule has 8 aromatic rings. The Balaban J connectivity index is 1.03. The Bertz CT molecular complexity index is 2930. The quantitative estimate of drug-likeness (QED) is 0.105. The van der Waals surface area contributed by atoms with Crippen LogP contribution < -0.4 is 18.9 Å². The summed E-state index contributed by atoms with van der Waals surface area (Å²) in [5.74, 6) is 0.606. The lowest BCUT2D eigenvalue weighted by Gasteiger charge is -2.32. The second-order valence-corrected chi connectivity index (χ2v) is 16.1. The van der Waals surface area contributed by atoms with E-state index in [2.05, 4.69) is 31.8 Å². The fourth-order valence-electron chi connectivity index (χ4n) is 7.77. The Labute approximate surface area is 359 Å². The Hall–Kier alpha value is -6.19. The lowest BCUT2D eigenvalue weighted by molar-refractivity contribution is -0.145. The van der Waals surface area contributed by atoms with Gasteiger partial charge in [-0.25, -0.2) is 29.1 Å². The smallest absolute Gasteiger partial charge is 0.345 e. The number of likely N-dealkylation sites (N-methyl/N-ethyl adjacent to an activating group) is 1. The highest BCUT2D eigenvalue weighted by atomic mass is 35.5. The summed E-state index contributed by atoms with van der Waals surface area (Å²) < 4.78 is 40.2. The van der Waals surface area contributed by atoms with Gasteiger partial charge in [0.05, 0.1) is 28.8 Å². The van der Waals surface area contributed by atoms with Crippen molar-refractivity contribution in [2.45, 2.75) is 19.1 Å². The molecule has 0 radical (unpaired) electrons. The van der Waals surface area contributed by atoms with E-state index in [9.17, 15) is 14.3 Å². The first-order valence-corrected chi connectivity index (χ1v) is 20.9. The molecule has 0 aliphatic carbocycles. The van der Waals surface area contributed by atoms with Crippen molar-refractivity contribution in [2.24, 2.45) is 0 Å². The molecular formula is C46H40ClFN6O6S. The molecule has 0 spiro atoms. The van der Waals surface area contributed by atoms with Crippen LogP contribution in [0.2, 0.25) is 5.02 Å². The second kappa shape index (κ2) is 17.4. The second-order valence-electron chi connectivity index (χ2n) is 14.8. The summed E-state index contributed by atoms with van der Waals surface area (Å²) in [6.45, 7) is 5.22. The number of rotatable bonds is 14. The summed E-state index contributed by atoms with van der Waals surface area (Å²) in [6, 6.07) is 24.8. The van der Waals surface area contributed by atoms with E-state index in [0.717, 1.165) is 53.8 Å². The molecule has 0 amide bonds. The number of fused-ring (bicyclic) bond motifs is 8. The predicted molar refractivity (Wildman–Crippen MR) is 235 cm³/mol. The van der Waals surface area contributed by atoms with Gasteiger partial charge in [0.15, 0.2) is 5.82 Å². The summed E-state index contributed by atoms with van der Waals surface area (Å²) in [5.41, 5.74) is 1.98. The van der Waals surface area contributed by atoms with E-state index in [1.165, 1.54) is 29.8 Å². The molecule has 3 aromatic heterocycles. The Morgan fingerprint density at radius 3 is 2.48 bits per heavy atom. The Kier molecular flexibility index (Phi) is 11.5. The summed E-state index contributed by atoms with van der Waals surface area (Å²) in [4.78, 5) is 36.4. The fraction of sp³-hybridized carbons (Fsp3) is 0.239. The Morgan fingerprint density at radius 2 is 1.66 bits per heavy atom. The molecule has 15 heteroatoms. The van der Waals surface area contributed by atoms with Gasteiger partial charge >= 0.3 is 5.97 Å². The van der Waals surface area contributed by atoms with Gasteiger partial charge in [-0.05, 0) is 71.9 Å². The van der Waals surface area contributed by atoms with E-state index in [1.807, 2.05) is 48.5 Å². The molecular weight excluding hydrogens is 819 g/mol. The highest BCUT2D eigenvalue weighted by Gasteiger charge is 2.27. The van der Waals surface area contributed by atoms with Gasteiger partial charge in [-0.2, -0.15) is 0 Å². The lowest BCUT2D eigenvalue weighted by Crippen LogP contribution is -2.45. The number of aliphatic carboxylic acids is 1. The van der Waals surface area contributed by atoms with Crippen LogP contribution in [-0.4, -0.2) is 100 Å². The van der Waals surface area contributed by atoms with Crippen LogP contribution in [0.1, 0.15) is 11.3 Å². The number of carbonyl (C=O) groups is 1. The van der Waals surface area contributed by atoms with Gasteiger partial charge in [-0.1, -0.05) is 48.0 Å². The van der Waals surface area contributed by atoms with Gasteiger partial charge in [0.1, 0.15) is 47.4 Å². The van der Waals surface area contributed by atoms with E-state index in [1.54, 1.807) is 37.6 Å². The number of methoxy groups -OCH3 is 1. The minimum absolute atomic E-state index is 0.0427. The number of hydrogen-bond donors (Lipinski definition) is 1. The van der Waals surface area contributed by atoms with E-state index < -0.39 is 17.9 Å². The summed E-state index contributed by atoms with van der Waals surface area (Å²) in [7, 11) is 3.72. The number of nitrogens with zero attached hydrogens (tertiary/aromatic N) is 6. The number of ether oxygens (including phenoxy) is 4. The van der Waals surface area contributed by atoms with E-state index in [-0.39, 0.29) is 18.9 Å². The van der Waals surface area contributed by atoms with Crippen molar-refractivity contribution in [3.63, 3.8) is 0 Å². The highest BCUT2D eigenvalue weighted by molar-refractivity contribution is 7.26. The molecule has 1 atom stereocenters. The topological polar surface area (TPSA) is 132 Å². The molecule has 1 fully saturated rings. The highest BCUT2D eigenvalue weighted by Crippen LogP contribution is 2.49. The third kappa shape index (κ3) is 8.19. The van der Waals surface area contributed by atoms with Gasteiger partial charge in [-0.3, -0.25) is 4.90 Å². The van der Waals surface area contributed by atoms with Crippen LogP contribution in [0, 0.1) is 5.82 Å². The van der Waals surface area contributed by atoms with E-state index >= 15 is 0 Å². The third-order valence-electron chi connectivity index (χ3n) is 10.9. The number of piperazine rings is 1. The maximum Gasteiger partial charge on any atom is 0.345 e. The van der Waals surface area contributed by atoms with Gasteiger partial charge in [-0.15, -0.1) is 11.3 Å². The zero-order valence-electron chi connectivity index (χ0n) is 33.3. The fourth-order valence-corrected chi connectivity index (χ4v) is 9.28. The first kappa shape index (κ1) is 40.2. The molecule has 12 nitrogen and oxygen atoms in total. The monoisotopic (exact) mass is 858 g/mol. The van der Waals surface area contributed by atoms with Crippen LogP contribution in [0.15, 0.2) is 97.5 Å². The van der Waals surface area contributed by atoms with Crippen LogP contribution in [0.25, 0.3) is 53.2 Å².